The first kappa shape index (κ1) is 11.7. The SMILES string of the molecule is O=C([O-])COc1ccccc1C1SCCS1. The normalized spacial score (nSPS) is 16.2. The van der Waals surface area contributed by atoms with Crippen molar-refractivity contribution in [1.82, 2.24) is 0 Å². The summed E-state index contributed by atoms with van der Waals surface area (Å²) >= 11 is 3.73. The molecule has 1 saturated heterocycles. The maximum atomic E-state index is 10.4. The fraction of sp³-hybridized carbons (Fsp3) is 0.364. The molecule has 2 rings (SSSR count). The van der Waals surface area contributed by atoms with Gasteiger partial charge in [0.2, 0.25) is 0 Å². The number of aliphatic carboxylic acids is 1. The molecule has 0 spiro atoms. The number of rotatable bonds is 4. The zero-order valence-corrected chi connectivity index (χ0v) is 10.2. The highest BCUT2D eigenvalue weighted by Crippen LogP contribution is 2.48. The van der Waals surface area contributed by atoms with Crippen LogP contribution in [0.25, 0.3) is 0 Å². The second-order valence-corrected chi connectivity index (χ2v) is 6.00. The summed E-state index contributed by atoms with van der Waals surface area (Å²) < 4.78 is 5.58. The lowest BCUT2D eigenvalue weighted by Crippen LogP contribution is -2.29. The topological polar surface area (TPSA) is 49.4 Å². The van der Waals surface area contributed by atoms with E-state index in [-0.39, 0.29) is 6.61 Å². The van der Waals surface area contributed by atoms with Gasteiger partial charge in [-0.25, -0.2) is 0 Å². The van der Waals surface area contributed by atoms with Gasteiger partial charge in [-0.3, -0.25) is 0 Å². The fourth-order valence-electron chi connectivity index (χ4n) is 1.48. The predicted octanol–water partition coefficient (Wildman–Crippen LogP) is 1.29. The molecule has 1 aliphatic heterocycles. The van der Waals surface area contributed by atoms with Crippen molar-refractivity contribution in [2.45, 2.75) is 4.58 Å². The Hall–Kier alpha value is -0.810. The van der Waals surface area contributed by atoms with E-state index in [0.717, 1.165) is 17.1 Å². The molecule has 0 atom stereocenters. The highest BCUT2D eigenvalue weighted by Gasteiger charge is 2.21. The number of thioether (sulfide) groups is 2. The van der Waals surface area contributed by atoms with E-state index in [4.69, 9.17) is 4.74 Å². The summed E-state index contributed by atoms with van der Waals surface area (Å²) in [4.78, 5) is 10.4. The second-order valence-electron chi connectivity index (χ2n) is 3.27. The van der Waals surface area contributed by atoms with E-state index >= 15 is 0 Å². The lowest BCUT2D eigenvalue weighted by Gasteiger charge is -2.15. The van der Waals surface area contributed by atoms with E-state index in [0.29, 0.717) is 10.3 Å². The Labute approximate surface area is 103 Å². The molecule has 1 heterocycles. The van der Waals surface area contributed by atoms with Crippen molar-refractivity contribution in [2.75, 3.05) is 18.1 Å². The van der Waals surface area contributed by atoms with Gasteiger partial charge in [0.1, 0.15) is 12.4 Å². The van der Waals surface area contributed by atoms with Crippen LogP contribution in [0.5, 0.6) is 5.75 Å². The summed E-state index contributed by atoms with van der Waals surface area (Å²) in [6, 6.07) is 7.58. The molecule has 0 amide bonds. The van der Waals surface area contributed by atoms with Gasteiger partial charge in [-0.1, -0.05) is 18.2 Å². The summed E-state index contributed by atoms with van der Waals surface area (Å²) in [5.41, 5.74) is 1.07. The Morgan fingerprint density at radius 1 is 1.38 bits per heavy atom. The molecule has 1 fully saturated rings. The number of para-hydroxylation sites is 1. The van der Waals surface area contributed by atoms with E-state index in [2.05, 4.69) is 0 Å². The molecule has 0 saturated carbocycles. The van der Waals surface area contributed by atoms with Gasteiger partial charge < -0.3 is 14.6 Å². The van der Waals surface area contributed by atoms with E-state index in [1.807, 2.05) is 41.7 Å². The highest BCUT2D eigenvalue weighted by molar-refractivity contribution is 8.19. The van der Waals surface area contributed by atoms with Crippen LogP contribution in [0.2, 0.25) is 0 Å². The van der Waals surface area contributed by atoms with E-state index in [1.54, 1.807) is 6.07 Å². The lowest BCUT2D eigenvalue weighted by atomic mass is 10.2. The third-order valence-electron chi connectivity index (χ3n) is 2.14. The minimum absolute atomic E-state index is 0.359. The number of hydrogen-bond acceptors (Lipinski definition) is 5. The van der Waals surface area contributed by atoms with Crippen LogP contribution in [0.1, 0.15) is 10.1 Å². The average molecular weight is 255 g/mol. The summed E-state index contributed by atoms with van der Waals surface area (Å²) in [7, 11) is 0. The van der Waals surface area contributed by atoms with Crippen molar-refractivity contribution >= 4 is 29.5 Å². The Kier molecular flexibility index (Phi) is 4.01. The number of benzene rings is 1. The second kappa shape index (κ2) is 5.50. The Morgan fingerprint density at radius 2 is 2.06 bits per heavy atom. The van der Waals surface area contributed by atoms with Crippen molar-refractivity contribution in [2.24, 2.45) is 0 Å². The monoisotopic (exact) mass is 255 g/mol. The molecule has 0 bridgehead atoms. The average Bonchev–Trinajstić information content (AvgIpc) is 2.80. The molecule has 0 N–H and O–H groups in total. The molecular formula is C11H11O3S2-. The van der Waals surface area contributed by atoms with Crippen LogP contribution in [0.3, 0.4) is 0 Å². The van der Waals surface area contributed by atoms with E-state index in [9.17, 15) is 9.90 Å². The summed E-state index contributed by atoms with van der Waals surface area (Å²) in [5, 5.41) is 10.4. The van der Waals surface area contributed by atoms with Crippen LogP contribution >= 0.6 is 23.5 Å². The zero-order valence-electron chi connectivity index (χ0n) is 8.55. The van der Waals surface area contributed by atoms with Gasteiger partial charge in [0.05, 0.1) is 10.6 Å². The first-order valence-electron chi connectivity index (χ1n) is 4.92. The molecule has 0 aromatic heterocycles. The summed E-state index contributed by atoms with van der Waals surface area (Å²) in [6.07, 6.45) is 0. The van der Waals surface area contributed by atoms with Gasteiger partial charge in [0, 0.05) is 17.1 Å². The minimum atomic E-state index is -1.19. The van der Waals surface area contributed by atoms with Gasteiger partial charge in [-0.05, 0) is 6.07 Å². The molecule has 1 aliphatic rings. The molecule has 1 aromatic carbocycles. The zero-order chi connectivity index (χ0) is 11.4. The van der Waals surface area contributed by atoms with Gasteiger partial charge in [0.25, 0.3) is 0 Å². The number of carbonyl (C=O) groups is 1. The summed E-state index contributed by atoms with van der Waals surface area (Å²) in [5.74, 6) is 1.72. The quantitative estimate of drug-likeness (QED) is 0.811. The number of ether oxygens (including phenoxy) is 1. The first-order chi connectivity index (χ1) is 7.77. The number of carbonyl (C=O) groups excluding carboxylic acids is 1. The van der Waals surface area contributed by atoms with Gasteiger partial charge in [-0.15, -0.1) is 23.5 Å². The van der Waals surface area contributed by atoms with E-state index < -0.39 is 5.97 Å². The number of carboxylic acid groups (broad SMARTS) is 1. The maximum Gasteiger partial charge on any atom is 0.128 e. The molecule has 0 aliphatic carbocycles. The van der Waals surface area contributed by atoms with Crippen LogP contribution < -0.4 is 9.84 Å². The van der Waals surface area contributed by atoms with E-state index in [1.165, 1.54) is 0 Å². The molecule has 1 aromatic rings. The summed E-state index contributed by atoms with van der Waals surface area (Å²) in [6.45, 7) is -0.390. The molecular weight excluding hydrogens is 244 g/mol. The van der Waals surface area contributed by atoms with Crippen molar-refractivity contribution in [1.29, 1.82) is 0 Å². The van der Waals surface area contributed by atoms with Crippen LogP contribution in [0.15, 0.2) is 24.3 Å². The Morgan fingerprint density at radius 3 is 2.75 bits per heavy atom. The minimum Gasteiger partial charge on any atom is -0.546 e. The third-order valence-corrected chi connectivity index (χ3v) is 5.21. The standard InChI is InChI=1S/C11H12O3S2/c12-10(13)7-14-9-4-2-1-3-8(9)11-15-5-6-16-11/h1-4,11H,5-7H2,(H,12,13)/p-1. The largest absolute Gasteiger partial charge is 0.546 e. The Balaban J connectivity index is 2.13. The first-order valence-corrected chi connectivity index (χ1v) is 7.02. The van der Waals surface area contributed by atoms with Crippen molar-refractivity contribution in [3.8, 4) is 5.75 Å². The van der Waals surface area contributed by atoms with Crippen LogP contribution in [-0.4, -0.2) is 24.1 Å². The highest BCUT2D eigenvalue weighted by atomic mass is 32.2. The van der Waals surface area contributed by atoms with Gasteiger partial charge >= 0.3 is 0 Å². The van der Waals surface area contributed by atoms with Crippen molar-refractivity contribution < 1.29 is 14.6 Å². The lowest BCUT2D eigenvalue weighted by molar-refractivity contribution is -0.307. The van der Waals surface area contributed by atoms with Crippen molar-refractivity contribution in [3.05, 3.63) is 29.8 Å². The van der Waals surface area contributed by atoms with Gasteiger partial charge in [-0.2, -0.15) is 0 Å². The molecule has 16 heavy (non-hydrogen) atoms. The van der Waals surface area contributed by atoms with Crippen molar-refractivity contribution in [3.63, 3.8) is 0 Å². The van der Waals surface area contributed by atoms with Crippen LogP contribution in [-0.2, 0) is 4.79 Å². The van der Waals surface area contributed by atoms with Crippen LogP contribution in [0, 0.1) is 0 Å². The molecule has 86 valence electrons. The fourth-order valence-corrected chi connectivity index (χ4v) is 4.39. The molecule has 3 nitrogen and oxygen atoms in total. The smallest absolute Gasteiger partial charge is 0.128 e. The van der Waals surface area contributed by atoms with Gasteiger partial charge in [0.15, 0.2) is 0 Å². The number of carboxylic acids is 1. The maximum absolute atomic E-state index is 10.4. The molecule has 0 radical (unpaired) electrons. The molecule has 0 unspecified atom stereocenters. The number of hydrogen-bond donors (Lipinski definition) is 0. The Bertz CT molecular complexity index is 375. The molecule has 5 heteroatoms. The third kappa shape index (κ3) is 2.86. The van der Waals surface area contributed by atoms with Crippen LogP contribution in [0.4, 0.5) is 0 Å². The predicted molar refractivity (Wildman–Crippen MR) is 64.6 cm³/mol.